The van der Waals surface area contributed by atoms with Crippen LogP contribution >= 0.6 is 0 Å². The first-order valence-electron chi connectivity index (χ1n) is 12.1. The summed E-state index contributed by atoms with van der Waals surface area (Å²) in [5.74, 6) is -0.0967. The molecule has 1 aliphatic carbocycles. The van der Waals surface area contributed by atoms with Crippen molar-refractivity contribution in [2.75, 3.05) is 5.32 Å². The largest absolute Gasteiger partial charge is 0.480 e. The van der Waals surface area contributed by atoms with E-state index in [2.05, 4.69) is 31.4 Å². The van der Waals surface area contributed by atoms with E-state index >= 15 is 0 Å². The molecule has 1 saturated carbocycles. The van der Waals surface area contributed by atoms with Gasteiger partial charge in [-0.05, 0) is 51.3 Å². The molecule has 3 aromatic rings. The lowest BCUT2D eigenvalue weighted by Crippen LogP contribution is -2.42. The minimum atomic E-state index is -1.06. The zero-order valence-electron chi connectivity index (χ0n) is 20.2. The second kappa shape index (κ2) is 9.87. The van der Waals surface area contributed by atoms with Crippen LogP contribution in [0.1, 0.15) is 80.4 Å². The summed E-state index contributed by atoms with van der Waals surface area (Å²) in [4.78, 5) is 29.7. The Hall–Kier alpha value is -3.35. The third kappa shape index (κ3) is 5.58. The first-order chi connectivity index (χ1) is 16.2. The number of aliphatic carboxylic acids is 1. The molecule has 7 nitrogen and oxygen atoms in total. The minimum Gasteiger partial charge on any atom is -0.480 e. The summed E-state index contributed by atoms with van der Waals surface area (Å²) in [6.07, 6.45) is 8.00. The standard InChI is InChI=1S/C27H34N4O3/c1-27(2,3)30-24-23(19-12-8-5-9-13-19)29-22-17-20(14-15-31(22)24)25(32)28-21(26(33)34)16-18-10-6-4-7-11-18/h4,6-7,10-11,14-15,17,19,21,30H,5,8-9,12-13,16H2,1-3H3,(H,28,32)(H,33,34). The van der Waals surface area contributed by atoms with Gasteiger partial charge in [-0.25, -0.2) is 9.78 Å². The van der Waals surface area contributed by atoms with Crippen molar-refractivity contribution in [2.45, 2.75) is 76.8 Å². The van der Waals surface area contributed by atoms with Crippen LogP contribution in [-0.2, 0) is 11.2 Å². The van der Waals surface area contributed by atoms with Gasteiger partial charge in [-0.2, -0.15) is 0 Å². The van der Waals surface area contributed by atoms with Crippen LogP contribution in [0.3, 0.4) is 0 Å². The smallest absolute Gasteiger partial charge is 0.326 e. The second-order valence-electron chi connectivity index (χ2n) is 10.3. The first kappa shape index (κ1) is 23.8. The molecule has 1 fully saturated rings. The molecule has 2 aromatic heterocycles. The minimum absolute atomic E-state index is 0.137. The summed E-state index contributed by atoms with van der Waals surface area (Å²) in [5, 5.41) is 15.9. The van der Waals surface area contributed by atoms with Gasteiger partial charge in [0.05, 0.1) is 5.69 Å². The third-order valence-electron chi connectivity index (χ3n) is 6.29. The molecule has 7 heteroatoms. The molecule has 1 unspecified atom stereocenters. The monoisotopic (exact) mass is 462 g/mol. The molecule has 0 radical (unpaired) electrons. The summed E-state index contributed by atoms with van der Waals surface area (Å²) in [6, 6.07) is 11.8. The SMILES string of the molecule is CC(C)(C)Nc1c(C2CCCCC2)nc2cc(C(=O)NC(Cc3ccccc3)C(=O)O)ccn12. The molecule has 1 aromatic carbocycles. The van der Waals surface area contributed by atoms with Gasteiger partial charge >= 0.3 is 5.97 Å². The van der Waals surface area contributed by atoms with E-state index in [0.29, 0.717) is 17.1 Å². The Morgan fingerprint density at radius 2 is 1.82 bits per heavy atom. The molecule has 3 N–H and O–H groups in total. The zero-order chi connectivity index (χ0) is 24.3. The number of amides is 1. The lowest BCUT2D eigenvalue weighted by molar-refractivity contribution is -0.139. The highest BCUT2D eigenvalue weighted by Gasteiger charge is 2.27. The number of benzene rings is 1. The Morgan fingerprint density at radius 3 is 2.47 bits per heavy atom. The number of imidazole rings is 1. The van der Waals surface area contributed by atoms with E-state index in [1.165, 1.54) is 19.3 Å². The number of hydrogen-bond acceptors (Lipinski definition) is 4. The molecular formula is C27H34N4O3. The van der Waals surface area contributed by atoms with E-state index in [4.69, 9.17) is 4.98 Å². The number of rotatable bonds is 7. The molecule has 0 saturated heterocycles. The molecule has 1 amide bonds. The number of carboxylic acid groups (broad SMARTS) is 1. The maximum atomic E-state index is 13.0. The Balaban J connectivity index is 1.61. The van der Waals surface area contributed by atoms with Crippen molar-refractivity contribution in [1.29, 1.82) is 0 Å². The Bertz CT molecular complexity index is 1160. The van der Waals surface area contributed by atoms with Crippen molar-refractivity contribution in [1.82, 2.24) is 14.7 Å². The van der Waals surface area contributed by atoms with E-state index in [-0.39, 0.29) is 12.0 Å². The van der Waals surface area contributed by atoms with Crippen LogP contribution in [0.15, 0.2) is 48.7 Å². The van der Waals surface area contributed by atoms with E-state index in [1.54, 1.807) is 12.1 Å². The lowest BCUT2D eigenvalue weighted by Gasteiger charge is -2.26. The summed E-state index contributed by atoms with van der Waals surface area (Å²) >= 11 is 0. The fraction of sp³-hybridized carbons (Fsp3) is 0.444. The molecule has 0 spiro atoms. The average molecular weight is 463 g/mol. The zero-order valence-corrected chi connectivity index (χ0v) is 20.2. The number of aromatic nitrogens is 2. The topological polar surface area (TPSA) is 95.7 Å². The summed E-state index contributed by atoms with van der Waals surface area (Å²) in [5.41, 5.74) is 2.86. The van der Waals surface area contributed by atoms with Crippen molar-refractivity contribution in [3.05, 3.63) is 65.5 Å². The van der Waals surface area contributed by atoms with E-state index in [1.807, 2.05) is 40.9 Å². The maximum absolute atomic E-state index is 13.0. The molecule has 0 aliphatic heterocycles. The molecular weight excluding hydrogens is 428 g/mol. The molecule has 0 bridgehead atoms. The van der Waals surface area contributed by atoms with Crippen molar-refractivity contribution in [3.8, 4) is 0 Å². The molecule has 34 heavy (non-hydrogen) atoms. The van der Waals surface area contributed by atoms with Crippen LogP contribution in [0.2, 0.25) is 0 Å². The number of pyridine rings is 1. The van der Waals surface area contributed by atoms with E-state index < -0.39 is 17.9 Å². The Labute approximate surface area is 200 Å². The molecule has 4 rings (SSSR count). The van der Waals surface area contributed by atoms with Gasteiger partial charge in [-0.1, -0.05) is 49.6 Å². The Kier molecular flexibility index (Phi) is 6.91. The number of carbonyl (C=O) groups is 2. The first-order valence-corrected chi connectivity index (χ1v) is 12.1. The third-order valence-corrected chi connectivity index (χ3v) is 6.29. The van der Waals surface area contributed by atoms with Crippen molar-refractivity contribution in [2.24, 2.45) is 0 Å². The van der Waals surface area contributed by atoms with Crippen LogP contribution < -0.4 is 10.6 Å². The van der Waals surface area contributed by atoms with E-state index in [0.717, 1.165) is 29.9 Å². The Morgan fingerprint density at radius 1 is 1.12 bits per heavy atom. The molecule has 180 valence electrons. The number of nitrogens with one attached hydrogen (secondary N) is 2. The second-order valence-corrected chi connectivity index (χ2v) is 10.3. The quantitative estimate of drug-likeness (QED) is 0.458. The normalized spacial score (nSPS) is 15.7. The van der Waals surface area contributed by atoms with Crippen LogP contribution in [0.4, 0.5) is 5.82 Å². The summed E-state index contributed by atoms with van der Waals surface area (Å²) in [6.45, 7) is 6.37. The maximum Gasteiger partial charge on any atom is 0.326 e. The van der Waals surface area contributed by atoms with Gasteiger partial charge < -0.3 is 15.7 Å². The molecule has 2 heterocycles. The van der Waals surface area contributed by atoms with Gasteiger partial charge in [0.2, 0.25) is 0 Å². The van der Waals surface area contributed by atoms with Crippen LogP contribution in [-0.4, -0.2) is 37.9 Å². The van der Waals surface area contributed by atoms with Gasteiger partial charge in [0.25, 0.3) is 5.91 Å². The van der Waals surface area contributed by atoms with E-state index in [9.17, 15) is 14.7 Å². The number of anilines is 1. The van der Waals surface area contributed by atoms with Gasteiger partial charge in [-0.3, -0.25) is 9.20 Å². The van der Waals surface area contributed by atoms with Gasteiger partial charge in [0, 0.05) is 29.6 Å². The van der Waals surface area contributed by atoms with Crippen LogP contribution in [0.5, 0.6) is 0 Å². The number of nitrogens with zero attached hydrogens (tertiary/aromatic N) is 2. The predicted octanol–water partition coefficient (Wildman–Crippen LogP) is 5.02. The van der Waals surface area contributed by atoms with Crippen molar-refractivity contribution < 1.29 is 14.7 Å². The lowest BCUT2D eigenvalue weighted by atomic mass is 9.87. The van der Waals surface area contributed by atoms with Gasteiger partial charge in [-0.15, -0.1) is 0 Å². The highest BCUT2D eigenvalue weighted by molar-refractivity contribution is 5.97. The van der Waals surface area contributed by atoms with Crippen molar-refractivity contribution in [3.63, 3.8) is 0 Å². The number of carboxylic acids is 1. The number of carbonyl (C=O) groups excluding carboxylic acids is 1. The van der Waals surface area contributed by atoms with Crippen LogP contribution in [0.25, 0.3) is 5.65 Å². The summed E-state index contributed by atoms with van der Waals surface area (Å²) < 4.78 is 2.00. The summed E-state index contributed by atoms with van der Waals surface area (Å²) in [7, 11) is 0. The van der Waals surface area contributed by atoms with Crippen LogP contribution in [0, 0.1) is 0 Å². The highest BCUT2D eigenvalue weighted by Crippen LogP contribution is 2.37. The molecule has 1 atom stereocenters. The molecule has 1 aliphatic rings. The highest BCUT2D eigenvalue weighted by atomic mass is 16.4. The number of hydrogen-bond donors (Lipinski definition) is 3. The number of fused-ring (bicyclic) bond motifs is 1. The van der Waals surface area contributed by atoms with Gasteiger partial charge in [0.1, 0.15) is 17.5 Å². The van der Waals surface area contributed by atoms with Gasteiger partial charge in [0.15, 0.2) is 0 Å². The average Bonchev–Trinajstić information content (AvgIpc) is 3.16. The van der Waals surface area contributed by atoms with Crippen molar-refractivity contribution >= 4 is 23.3 Å². The predicted molar refractivity (Wildman–Crippen MR) is 133 cm³/mol. The fourth-order valence-electron chi connectivity index (χ4n) is 4.64. The fourth-order valence-corrected chi connectivity index (χ4v) is 4.64.